The maximum atomic E-state index is 6.00. The van der Waals surface area contributed by atoms with Crippen LogP contribution in [0.3, 0.4) is 0 Å². The van der Waals surface area contributed by atoms with Crippen LogP contribution < -0.4 is 11.3 Å². The zero-order valence-corrected chi connectivity index (χ0v) is 12.3. The summed E-state index contributed by atoms with van der Waals surface area (Å²) in [7, 11) is 0. The van der Waals surface area contributed by atoms with E-state index in [1.54, 1.807) is 0 Å². The first-order valence-electron chi connectivity index (χ1n) is 7.97. The highest BCUT2D eigenvalue weighted by atomic mass is 16.6. The lowest BCUT2D eigenvalue weighted by atomic mass is 9.80. The lowest BCUT2D eigenvalue weighted by Crippen LogP contribution is -2.49. The summed E-state index contributed by atoms with van der Waals surface area (Å²) in [6, 6.07) is 0.443. The van der Waals surface area contributed by atoms with Crippen LogP contribution in [0.2, 0.25) is 0 Å². The molecule has 1 spiro atoms. The average Bonchev–Trinajstić information content (AvgIpc) is 2.87. The number of unbranched alkanes of at least 4 members (excludes halogenated alkanes) is 3. The second-order valence-electron chi connectivity index (χ2n) is 6.21. The Hall–Kier alpha value is -0.160. The quantitative estimate of drug-likeness (QED) is 0.424. The molecule has 0 radical (unpaired) electrons. The van der Waals surface area contributed by atoms with Gasteiger partial charge in [0.2, 0.25) is 0 Å². The second kappa shape index (κ2) is 7.58. The third-order valence-electron chi connectivity index (χ3n) is 4.75. The lowest BCUT2D eigenvalue weighted by Gasteiger charge is -2.40. The van der Waals surface area contributed by atoms with Crippen LogP contribution in [-0.4, -0.2) is 31.5 Å². The van der Waals surface area contributed by atoms with Gasteiger partial charge in [0.05, 0.1) is 12.2 Å². The molecule has 2 heterocycles. The van der Waals surface area contributed by atoms with Gasteiger partial charge >= 0.3 is 0 Å². The van der Waals surface area contributed by atoms with Gasteiger partial charge in [0.15, 0.2) is 0 Å². The first-order valence-corrected chi connectivity index (χ1v) is 7.97. The molecule has 0 amide bonds. The molecule has 0 aromatic heterocycles. The summed E-state index contributed by atoms with van der Waals surface area (Å²) < 4.78 is 11.5. The standard InChI is InChI=1S/C15H30N2O2/c1-2-3-4-5-6-14(17-16)13-7-9-19-15(11-13)8-10-18-12-15/h13-14,17H,2-12,16H2,1H3. The fraction of sp³-hybridized carbons (Fsp3) is 1.00. The van der Waals surface area contributed by atoms with Gasteiger partial charge in [-0.2, -0.15) is 0 Å². The predicted octanol–water partition coefficient (Wildman–Crippen LogP) is 2.37. The third-order valence-corrected chi connectivity index (χ3v) is 4.75. The molecule has 3 atom stereocenters. The molecule has 2 fully saturated rings. The molecule has 112 valence electrons. The molecule has 4 nitrogen and oxygen atoms in total. The molecule has 0 aliphatic carbocycles. The van der Waals surface area contributed by atoms with Gasteiger partial charge in [-0.05, 0) is 25.2 Å². The molecular formula is C15H30N2O2. The number of hydrogen-bond acceptors (Lipinski definition) is 4. The number of nitrogens with two attached hydrogens (primary N) is 1. The molecule has 0 aromatic rings. The van der Waals surface area contributed by atoms with E-state index in [-0.39, 0.29) is 5.60 Å². The van der Waals surface area contributed by atoms with Crippen molar-refractivity contribution in [2.45, 2.75) is 69.9 Å². The Morgan fingerprint density at radius 1 is 1.32 bits per heavy atom. The topological polar surface area (TPSA) is 56.5 Å². The number of hydrogen-bond donors (Lipinski definition) is 2. The van der Waals surface area contributed by atoms with E-state index < -0.39 is 0 Å². The molecule has 2 rings (SSSR count). The summed E-state index contributed by atoms with van der Waals surface area (Å²) in [5.41, 5.74) is 3.06. The van der Waals surface area contributed by atoms with Crippen LogP contribution in [0.25, 0.3) is 0 Å². The van der Waals surface area contributed by atoms with Crippen LogP contribution in [0.4, 0.5) is 0 Å². The minimum absolute atomic E-state index is 0.00142. The largest absolute Gasteiger partial charge is 0.378 e. The summed E-state index contributed by atoms with van der Waals surface area (Å²) >= 11 is 0. The Kier molecular flexibility index (Phi) is 6.07. The van der Waals surface area contributed by atoms with Gasteiger partial charge in [0.25, 0.3) is 0 Å². The van der Waals surface area contributed by atoms with Crippen LogP contribution in [0.15, 0.2) is 0 Å². The Bertz CT molecular complexity index is 255. The third kappa shape index (κ3) is 4.15. The van der Waals surface area contributed by atoms with Gasteiger partial charge in [0, 0.05) is 25.7 Å². The monoisotopic (exact) mass is 270 g/mol. The Balaban J connectivity index is 1.80. The van der Waals surface area contributed by atoms with Crippen molar-refractivity contribution in [3.05, 3.63) is 0 Å². The Morgan fingerprint density at radius 2 is 2.21 bits per heavy atom. The van der Waals surface area contributed by atoms with Crippen LogP contribution in [0.5, 0.6) is 0 Å². The summed E-state index contributed by atoms with van der Waals surface area (Å²) in [6.07, 6.45) is 9.71. The summed E-state index contributed by atoms with van der Waals surface area (Å²) in [6.45, 7) is 4.74. The van der Waals surface area contributed by atoms with E-state index in [0.29, 0.717) is 12.0 Å². The summed E-state index contributed by atoms with van der Waals surface area (Å²) in [5.74, 6) is 6.42. The number of nitrogens with one attached hydrogen (secondary N) is 1. The minimum Gasteiger partial charge on any atom is -0.378 e. The second-order valence-corrected chi connectivity index (χ2v) is 6.21. The van der Waals surface area contributed by atoms with Crippen LogP contribution >= 0.6 is 0 Å². The van der Waals surface area contributed by atoms with Gasteiger partial charge in [-0.3, -0.25) is 11.3 Å². The molecule has 4 heteroatoms. The fourth-order valence-electron chi connectivity index (χ4n) is 3.52. The van der Waals surface area contributed by atoms with Crippen molar-refractivity contribution in [3.8, 4) is 0 Å². The predicted molar refractivity (Wildman–Crippen MR) is 76.7 cm³/mol. The fourth-order valence-corrected chi connectivity index (χ4v) is 3.52. The van der Waals surface area contributed by atoms with Crippen LogP contribution in [0, 0.1) is 5.92 Å². The SMILES string of the molecule is CCCCCCC(NN)C1CCOC2(CCOC2)C1. The molecular weight excluding hydrogens is 240 g/mol. The number of ether oxygens (including phenoxy) is 2. The van der Waals surface area contributed by atoms with E-state index in [0.717, 1.165) is 39.1 Å². The van der Waals surface area contributed by atoms with Gasteiger partial charge in [0.1, 0.15) is 0 Å². The van der Waals surface area contributed by atoms with E-state index in [1.165, 1.54) is 32.1 Å². The van der Waals surface area contributed by atoms with Crippen LogP contribution in [-0.2, 0) is 9.47 Å². The van der Waals surface area contributed by atoms with Crippen molar-refractivity contribution in [2.24, 2.45) is 11.8 Å². The first-order chi connectivity index (χ1) is 9.29. The lowest BCUT2D eigenvalue weighted by molar-refractivity contribution is -0.103. The molecule has 2 saturated heterocycles. The Morgan fingerprint density at radius 3 is 2.89 bits per heavy atom. The average molecular weight is 270 g/mol. The van der Waals surface area contributed by atoms with Crippen molar-refractivity contribution < 1.29 is 9.47 Å². The number of rotatable bonds is 7. The van der Waals surface area contributed by atoms with E-state index in [4.69, 9.17) is 15.3 Å². The van der Waals surface area contributed by atoms with Gasteiger partial charge in [-0.25, -0.2) is 0 Å². The van der Waals surface area contributed by atoms with E-state index >= 15 is 0 Å². The van der Waals surface area contributed by atoms with Gasteiger partial charge in [-0.1, -0.05) is 32.6 Å². The molecule has 3 unspecified atom stereocenters. The van der Waals surface area contributed by atoms with Gasteiger partial charge in [-0.15, -0.1) is 0 Å². The highest BCUT2D eigenvalue weighted by molar-refractivity contribution is 4.93. The Labute approximate surface area is 117 Å². The highest BCUT2D eigenvalue weighted by Crippen LogP contribution is 2.37. The molecule has 0 bridgehead atoms. The van der Waals surface area contributed by atoms with E-state index in [1.807, 2.05) is 0 Å². The number of hydrazine groups is 1. The van der Waals surface area contributed by atoms with Gasteiger partial charge < -0.3 is 9.47 Å². The van der Waals surface area contributed by atoms with Crippen molar-refractivity contribution in [3.63, 3.8) is 0 Å². The molecule has 3 N–H and O–H groups in total. The summed E-state index contributed by atoms with van der Waals surface area (Å²) in [4.78, 5) is 0. The summed E-state index contributed by atoms with van der Waals surface area (Å²) in [5, 5.41) is 0. The van der Waals surface area contributed by atoms with E-state index in [2.05, 4.69) is 12.3 Å². The van der Waals surface area contributed by atoms with E-state index in [9.17, 15) is 0 Å². The molecule has 19 heavy (non-hydrogen) atoms. The molecule has 0 aromatic carbocycles. The molecule has 0 saturated carbocycles. The van der Waals surface area contributed by atoms with Crippen LogP contribution in [0.1, 0.15) is 58.3 Å². The maximum Gasteiger partial charge on any atom is 0.0939 e. The van der Waals surface area contributed by atoms with Crippen molar-refractivity contribution >= 4 is 0 Å². The van der Waals surface area contributed by atoms with Crippen molar-refractivity contribution in [1.82, 2.24) is 5.43 Å². The minimum atomic E-state index is 0.00142. The smallest absolute Gasteiger partial charge is 0.0939 e. The zero-order chi connectivity index (χ0) is 13.6. The first kappa shape index (κ1) is 15.2. The van der Waals surface area contributed by atoms with Crippen molar-refractivity contribution in [2.75, 3.05) is 19.8 Å². The highest BCUT2D eigenvalue weighted by Gasteiger charge is 2.42. The molecule has 2 aliphatic rings. The van der Waals surface area contributed by atoms with Crippen molar-refractivity contribution in [1.29, 1.82) is 0 Å². The molecule has 2 aliphatic heterocycles. The maximum absolute atomic E-state index is 6.00. The zero-order valence-electron chi connectivity index (χ0n) is 12.3. The normalized spacial score (nSPS) is 32.8.